The third-order valence-electron chi connectivity index (χ3n) is 5.33. The van der Waals surface area contributed by atoms with Gasteiger partial charge in [-0.05, 0) is 33.3 Å². The molecule has 1 fully saturated rings. The first-order valence-corrected chi connectivity index (χ1v) is 8.32. The van der Waals surface area contributed by atoms with E-state index in [2.05, 4.69) is 57.0 Å². The fourth-order valence-corrected chi connectivity index (χ4v) is 4.08. The van der Waals surface area contributed by atoms with E-state index < -0.39 is 0 Å². The number of hydrogen-bond donors (Lipinski definition) is 0. The second-order valence-electron chi connectivity index (χ2n) is 6.17. The van der Waals surface area contributed by atoms with Crippen molar-refractivity contribution in [1.82, 2.24) is 0 Å². The van der Waals surface area contributed by atoms with Crippen molar-refractivity contribution in [3.8, 4) is 0 Å². The summed E-state index contributed by atoms with van der Waals surface area (Å²) in [5.74, 6) is 0.809. The maximum absolute atomic E-state index is 4.19. The highest BCUT2D eigenvalue weighted by molar-refractivity contribution is 5.19. The molecule has 1 saturated carbocycles. The van der Waals surface area contributed by atoms with Crippen LogP contribution in [-0.2, 0) is 0 Å². The largest absolute Gasteiger partial charge is 0.292 e. The molecule has 1 nitrogen and oxygen atoms in total. The quantitative estimate of drug-likeness (QED) is 0.616. The molecule has 0 aliphatic heterocycles. The summed E-state index contributed by atoms with van der Waals surface area (Å²) in [7, 11) is 0. The third kappa shape index (κ3) is 2.98. The molecule has 0 N–H and O–H groups in total. The number of hydrogen-bond acceptors (Lipinski definition) is 0. The van der Waals surface area contributed by atoms with E-state index in [4.69, 9.17) is 0 Å². The second kappa shape index (κ2) is 7.08. The summed E-state index contributed by atoms with van der Waals surface area (Å²) in [5, 5.41) is 0. The minimum absolute atomic E-state index is 0.587. The van der Waals surface area contributed by atoms with Crippen LogP contribution < -0.4 is 0 Å². The minimum atomic E-state index is 0.587. The summed E-state index contributed by atoms with van der Waals surface area (Å²) in [6, 6.07) is 11.7. The first kappa shape index (κ1) is 15.3. The van der Waals surface area contributed by atoms with E-state index in [1.165, 1.54) is 37.7 Å². The minimum Gasteiger partial charge on any atom is -0.292 e. The maximum Gasteiger partial charge on any atom is 0.122 e. The van der Waals surface area contributed by atoms with Crippen LogP contribution in [0.15, 0.2) is 43.1 Å². The number of quaternary nitrogens is 1. The second-order valence-corrected chi connectivity index (χ2v) is 6.17. The van der Waals surface area contributed by atoms with Crippen LogP contribution in [0.1, 0.15) is 57.6 Å². The summed E-state index contributed by atoms with van der Waals surface area (Å²) >= 11 is 0. The van der Waals surface area contributed by atoms with Crippen molar-refractivity contribution < 1.29 is 4.48 Å². The molecule has 110 valence electrons. The Balaban J connectivity index is 2.39. The van der Waals surface area contributed by atoms with Crippen molar-refractivity contribution in [2.75, 3.05) is 13.1 Å². The highest BCUT2D eigenvalue weighted by Gasteiger charge is 2.39. The first-order valence-electron chi connectivity index (χ1n) is 8.32. The van der Waals surface area contributed by atoms with E-state index in [0.29, 0.717) is 6.04 Å². The summed E-state index contributed by atoms with van der Waals surface area (Å²) in [5.41, 5.74) is 1.50. The van der Waals surface area contributed by atoms with Gasteiger partial charge in [0.1, 0.15) is 6.04 Å². The summed E-state index contributed by atoms with van der Waals surface area (Å²) in [6.07, 6.45) is 9.19. The molecule has 1 heteroatoms. The molecular weight excluding hydrogens is 242 g/mol. The average molecular weight is 272 g/mol. The topological polar surface area (TPSA) is 0 Å². The van der Waals surface area contributed by atoms with Crippen LogP contribution in [0.5, 0.6) is 0 Å². The zero-order chi connectivity index (χ0) is 14.4. The van der Waals surface area contributed by atoms with Crippen LogP contribution >= 0.6 is 0 Å². The highest BCUT2D eigenvalue weighted by atomic mass is 15.4. The molecule has 1 aliphatic carbocycles. The molecule has 0 spiro atoms. The molecule has 1 unspecified atom stereocenters. The fourth-order valence-electron chi connectivity index (χ4n) is 4.08. The van der Waals surface area contributed by atoms with Gasteiger partial charge >= 0.3 is 0 Å². The van der Waals surface area contributed by atoms with Gasteiger partial charge < -0.3 is 0 Å². The van der Waals surface area contributed by atoms with Gasteiger partial charge in [-0.25, -0.2) is 0 Å². The van der Waals surface area contributed by atoms with Gasteiger partial charge in [-0.1, -0.05) is 49.6 Å². The molecule has 20 heavy (non-hydrogen) atoms. The Morgan fingerprint density at radius 2 is 1.70 bits per heavy atom. The lowest BCUT2D eigenvalue weighted by Crippen LogP contribution is -2.48. The van der Waals surface area contributed by atoms with Crippen LogP contribution in [0.2, 0.25) is 0 Å². The van der Waals surface area contributed by atoms with E-state index in [1.807, 2.05) is 0 Å². The molecule has 0 aromatic heterocycles. The lowest BCUT2D eigenvalue weighted by Gasteiger charge is -2.45. The Bertz CT molecular complexity index is 399. The molecule has 2 rings (SSSR count). The lowest BCUT2D eigenvalue weighted by molar-refractivity contribution is -0.911. The average Bonchev–Trinajstić information content (AvgIpc) is 2.54. The maximum atomic E-state index is 4.19. The molecule has 0 bridgehead atoms. The first-order chi connectivity index (χ1) is 9.77. The number of rotatable bonds is 6. The predicted molar refractivity (Wildman–Crippen MR) is 87.3 cm³/mol. The van der Waals surface area contributed by atoms with Crippen LogP contribution in [0, 0.1) is 5.92 Å². The van der Waals surface area contributed by atoms with Crippen LogP contribution in [0.25, 0.3) is 0 Å². The van der Waals surface area contributed by atoms with E-state index in [-0.39, 0.29) is 0 Å². The SMILES string of the molecule is C=C[N+](CC)(CC)C(c1ccccc1)C1CCCCC1. The van der Waals surface area contributed by atoms with Gasteiger partial charge in [-0.2, -0.15) is 0 Å². The Labute approximate surface area is 124 Å². The Morgan fingerprint density at radius 1 is 1.10 bits per heavy atom. The van der Waals surface area contributed by atoms with Gasteiger partial charge in [-0.3, -0.25) is 4.48 Å². The summed E-state index contributed by atoms with van der Waals surface area (Å²) < 4.78 is 1.02. The molecule has 1 aromatic carbocycles. The molecule has 1 aromatic rings. The van der Waals surface area contributed by atoms with E-state index in [1.54, 1.807) is 0 Å². The van der Waals surface area contributed by atoms with Crippen LogP contribution in [0.4, 0.5) is 0 Å². The summed E-state index contributed by atoms with van der Waals surface area (Å²) in [4.78, 5) is 0. The number of benzene rings is 1. The number of nitrogens with zero attached hydrogens (tertiary/aromatic N) is 1. The zero-order valence-electron chi connectivity index (χ0n) is 13.2. The van der Waals surface area contributed by atoms with Gasteiger partial charge in [0.05, 0.1) is 19.3 Å². The van der Waals surface area contributed by atoms with Crippen molar-refractivity contribution in [3.05, 3.63) is 48.7 Å². The van der Waals surface area contributed by atoms with Gasteiger partial charge in [-0.15, -0.1) is 0 Å². The Hall–Kier alpha value is -1.08. The molecule has 0 saturated heterocycles. The van der Waals surface area contributed by atoms with E-state index in [9.17, 15) is 0 Å². The highest BCUT2D eigenvalue weighted by Crippen LogP contribution is 2.42. The van der Waals surface area contributed by atoms with Gasteiger partial charge in [0.25, 0.3) is 0 Å². The van der Waals surface area contributed by atoms with Crippen molar-refractivity contribution in [1.29, 1.82) is 0 Å². The van der Waals surface area contributed by atoms with Crippen molar-refractivity contribution >= 4 is 0 Å². The van der Waals surface area contributed by atoms with Gasteiger partial charge in [0, 0.05) is 11.5 Å². The van der Waals surface area contributed by atoms with Crippen molar-refractivity contribution in [2.24, 2.45) is 5.92 Å². The molecule has 0 radical (unpaired) electrons. The van der Waals surface area contributed by atoms with E-state index in [0.717, 1.165) is 23.5 Å². The van der Waals surface area contributed by atoms with Crippen molar-refractivity contribution in [2.45, 2.75) is 52.0 Å². The molecule has 1 atom stereocenters. The zero-order valence-corrected chi connectivity index (χ0v) is 13.2. The smallest absolute Gasteiger partial charge is 0.122 e. The van der Waals surface area contributed by atoms with Crippen LogP contribution in [-0.4, -0.2) is 17.6 Å². The molecule has 0 heterocycles. The Morgan fingerprint density at radius 3 is 2.20 bits per heavy atom. The Kier molecular flexibility index (Phi) is 5.42. The fraction of sp³-hybridized carbons (Fsp3) is 0.579. The standard InChI is InChI=1S/C19H30N/c1-4-20(5-2,6-3)19(17-13-9-7-10-14-17)18-15-11-8-12-16-18/h4,7,9-10,13-14,18-19H,1,5-6,8,11-12,15-16H2,2-3H3/q+1. The van der Waals surface area contributed by atoms with E-state index >= 15 is 0 Å². The van der Waals surface area contributed by atoms with Crippen molar-refractivity contribution in [3.63, 3.8) is 0 Å². The van der Waals surface area contributed by atoms with Crippen LogP contribution in [0.3, 0.4) is 0 Å². The van der Waals surface area contributed by atoms with Gasteiger partial charge in [0.15, 0.2) is 0 Å². The normalized spacial score (nSPS) is 18.7. The molecular formula is C19H30N+. The third-order valence-corrected chi connectivity index (χ3v) is 5.33. The summed E-state index contributed by atoms with van der Waals surface area (Å²) in [6.45, 7) is 11.1. The predicted octanol–water partition coefficient (Wildman–Crippen LogP) is 5.31. The monoisotopic (exact) mass is 272 g/mol. The molecule has 1 aliphatic rings. The molecule has 0 amide bonds. The van der Waals surface area contributed by atoms with Gasteiger partial charge in [0.2, 0.25) is 0 Å². The lowest BCUT2D eigenvalue weighted by atomic mass is 9.79.